The minimum Gasteiger partial charge on any atom is -0.492 e. The van der Waals surface area contributed by atoms with Gasteiger partial charge in [0.2, 0.25) is 6.79 Å². The number of benzene rings is 2. The summed E-state index contributed by atoms with van der Waals surface area (Å²) in [5.41, 5.74) is 1.21. The Kier molecular flexibility index (Phi) is 4.30. The number of carbonyl (C=O) groups is 2. The van der Waals surface area contributed by atoms with Crippen molar-refractivity contribution in [3.05, 3.63) is 52.9 Å². The molecule has 0 N–H and O–H groups in total. The monoisotopic (exact) mass is 369 g/mol. The van der Waals surface area contributed by atoms with Gasteiger partial charge in [-0.2, -0.15) is 0 Å². The van der Waals surface area contributed by atoms with E-state index in [-0.39, 0.29) is 17.9 Å². The summed E-state index contributed by atoms with van der Waals surface area (Å²) in [5.74, 6) is 1.42. The first-order valence-electron chi connectivity index (χ1n) is 8.07. The summed E-state index contributed by atoms with van der Waals surface area (Å²) in [4.78, 5) is 26.8. The molecule has 0 aliphatic carbocycles. The van der Waals surface area contributed by atoms with Gasteiger partial charge in [-0.05, 0) is 54.6 Å². The highest BCUT2D eigenvalue weighted by Crippen LogP contribution is 2.40. The maximum atomic E-state index is 12.8. The minimum atomic E-state index is -0.371. The van der Waals surface area contributed by atoms with Crippen molar-refractivity contribution in [1.29, 1.82) is 0 Å². The van der Waals surface area contributed by atoms with Crippen LogP contribution in [-0.2, 0) is 4.79 Å². The molecule has 0 bridgehead atoms. The number of thioether (sulfide) groups is 1. The number of nitrogens with zero attached hydrogens (tertiary/aromatic N) is 1. The average molecular weight is 369 g/mol. The largest absolute Gasteiger partial charge is 0.492 e. The number of hydrogen-bond donors (Lipinski definition) is 0. The van der Waals surface area contributed by atoms with Crippen molar-refractivity contribution < 1.29 is 23.8 Å². The SMILES string of the molecule is CCOc1ccccc1N1C(=O)S/C(=C\c2ccc3c(c2)OCO3)C1=O. The topological polar surface area (TPSA) is 65.1 Å². The Hall–Kier alpha value is -2.93. The van der Waals surface area contributed by atoms with Crippen LogP contribution in [0.15, 0.2) is 47.4 Å². The van der Waals surface area contributed by atoms with Crippen LogP contribution in [0.5, 0.6) is 17.2 Å². The number of hydrogen-bond acceptors (Lipinski definition) is 6. The van der Waals surface area contributed by atoms with Gasteiger partial charge in [-0.3, -0.25) is 9.59 Å². The molecule has 0 atom stereocenters. The molecule has 0 aromatic heterocycles. The van der Waals surface area contributed by atoms with E-state index in [1.165, 1.54) is 0 Å². The standard InChI is InChI=1S/C19H15NO5S/c1-2-23-14-6-4-3-5-13(14)20-18(21)17(26-19(20)22)10-12-7-8-15-16(9-12)25-11-24-15/h3-10H,2,11H2,1H3/b17-10-. The van der Waals surface area contributed by atoms with E-state index in [0.717, 1.165) is 22.2 Å². The summed E-state index contributed by atoms with van der Waals surface area (Å²) in [6, 6.07) is 12.4. The Labute approximate surface area is 154 Å². The van der Waals surface area contributed by atoms with Crippen LogP contribution in [0.4, 0.5) is 10.5 Å². The van der Waals surface area contributed by atoms with Crippen LogP contribution in [0.25, 0.3) is 6.08 Å². The molecule has 132 valence electrons. The maximum Gasteiger partial charge on any atom is 0.298 e. The molecule has 0 unspecified atom stereocenters. The Morgan fingerprint density at radius 3 is 2.81 bits per heavy atom. The maximum absolute atomic E-state index is 12.8. The first-order chi connectivity index (χ1) is 12.7. The fourth-order valence-electron chi connectivity index (χ4n) is 2.75. The number of fused-ring (bicyclic) bond motifs is 1. The van der Waals surface area contributed by atoms with Crippen molar-refractivity contribution in [2.24, 2.45) is 0 Å². The molecule has 1 saturated heterocycles. The van der Waals surface area contributed by atoms with E-state index < -0.39 is 0 Å². The normalized spacial score (nSPS) is 17.3. The molecule has 4 rings (SSSR count). The lowest BCUT2D eigenvalue weighted by atomic mass is 10.2. The summed E-state index contributed by atoms with van der Waals surface area (Å²) in [7, 11) is 0. The van der Waals surface area contributed by atoms with Crippen LogP contribution in [0.1, 0.15) is 12.5 Å². The van der Waals surface area contributed by atoms with Gasteiger partial charge in [0.05, 0.1) is 17.2 Å². The van der Waals surface area contributed by atoms with Crippen LogP contribution in [0, 0.1) is 0 Å². The van der Waals surface area contributed by atoms with Crippen LogP contribution >= 0.6 is 11.8 Å². The number of rotatable bonds is 4. The molecule has 0 radical (unpaired) electrons. The van der Waals surface area contributed by atoms with E-state index in [0.29, 0.717) is 34.4 Å². The van der Waals surface area contributed by atoms with Crippen molar-refractivity contribution >= 4 is 34.7 Å². The van der Waals surface area contributed by atoms with Crippen LogP contribution in [-0.4, -0.2) is 24.5 Å². The third-order valence-corrected chi connectivity index (χ3v) is 4.76. The van der Waals surface area contributed by atoms with E-state index in [9.17, 15) is 9.59 Å². The Morgan fingerprint density at radius 1 is 1.15 bits per heavy atom. The molecule has 2 heterocycles. The lowest BCUT2D eigenvalue weighted by molar-refractivity contribution is -0.113. The van der Waals surface area contributed by atoms with E-state index in [2.05, 4.69) is 0 Å². The van der Waals surface area contributed by atoms with Gasteiger partial charge in [0.15, 0.2) is 11.5 Å². The molecule has 2 amide bonds. The summed E-state index contributed by atoms with van der Waals surface area (Å²) >= 11 is 0.902. The molecule has 2 aromatic carbocycles. The van der Waals surface area contributed by atoms with Gasteiger partial charge >= 0.3 is 0 Å². The molecule has 6 nitrogen and oxygen atoms in total. The van der Waals surface area contributed by atoms with Gasteiger partial charge < -0.3 is 14.2 Å². The number of anilines is 1. The van der Waals surface area contributed by atoms with E-state index in [4.69, 9.17) is 14.2 Å². The van der Waals surface area contributed by atoms with Crippen molar-refractivity contribution in [1.82, 2.24) is 0 Å². The molecule has 2 aliphatic heterocycles. The molecule has 1 fully saturated rings. The van der Waals surface area contributed by atoms with Crippen molar-refractivity contribution in [2.75, 3.05) is 18.3 Å². The highest BCUT2D eigenvalue weighted by atomic mass is 32.2. The van der Waals surface area contributed by atoms with E-state index in [1.54, 1.807) is 42.5 Å². The van der Waals surface area contributed by atoms with Crippen molar-refractivity contribution in [3.63, 3.8) is 0 Å². The van der Waals surface area contributed by atoms with E-state index in [1.807, 2.05) is 13.0 Å². The van der Waals surface area contributed by atoms with E-state index >= 15 is 0 Å². The molecular formula is C19H15NO5S. The Balaban J connectivity index is 1.65. The zero-order valence-electron chi connectivity index (χ0n) is 13.9. The second kappa shape index (κ2) is 6.76. The molecule has 2 aromatic rings. The first-order valence-corrected chi connectivity index (χ1v) is 8.88. The third kappa shape index (κ3) is 2.90. The summed E-state index contributed by atoms with van der Waals surface area (Å²) in [6.07, 6.45) is 1.68. The van der Waals surface area contributed by atoms with Crippen molar-refractivity contribution in [3.8, 4) is 17.2 Å². The highest BCUT2D eigenvalue weighted by molar-refractivity contribution is 8.19. The second-order valence-corrected chi connectivity index (χ2v) is 6.52. The molecule has 26 heavy (non-hydrogen) atoms. The van der Waals surface area contributed by atoms with Crippen LogP contribution < -0.4 is 19.1 Å². The quantitative estimate of drug-likeness (QED) is 0.758. The average Bonchev–Trinajstić information content (AvgIpc) is 3.20. The highest BCUT2D eigenvalue weighted by Gasteiger charge is 2.37. The second-order valence-electron chi connectivity index (χ2n) is 5.53. The van der Waals surface area contributed by atoms with Gasteiger partial charge in [0.25, 0.3) is 11.1 Å². The summed E-state index contributed by atoms with van der Waals surface area (Å²) in [5, 5.41) is -0.353. The Morgan fingerprint density at radius 2 is 1.96 bits per heavy atom. The summed E-state index contributed by atoms with van der Waals surface area (Å²) < 4.78 is 16.2. The number of amides is 2. The fraction of sp³-hybridized carbons (Fsp3) is 0.158. The van der Waals surface area contributed by atoms with Gasteiger partial charge in [0.1, 0.15) is 5.75 Å². The first kappa shape index (κ1) is 16.5. The summed E-state index contributed by atoms with van der Waals surface area (Å²) in [6.45, 7) is 2.48. The predicted octanol–water partition coefficient (Wildman–Crippen LogP) is 4.05. The zero-order chi connectivity index (χ0) is 18.1. The van der Waals surface area contributed by atoms with Crippen LogP contribution in [0.2, 0.25) is 0 Å². The lowest BCUT2D eigenvalue weighted by Gasteiger charge is -2.16. The zero-order valence-corrected chi connectivity index (χ0v) is 14.7. The molecular weight excluding hydrogens is 354 g/mol. The molecule has 0 saturated carbocycles. The van der Waals surface area contributed by atoms with Crippen LogP contribution in [0.3, 0.4) is 0 Å². The Bertz CT molecular complexity index is 924. The smallest absolute Gasteiger partial charge is 0.298 e. The van der Waals surface area contributed by atoms with Gasteiger partial charge in [-0.1, -0.05) is 18.2 Å². The van der Waals surface area contributed by atoms with Gasteiger partial charge in [-0.15, -0.1) is 0 Å². The lowest BCUT2D eigenvalue weighted by Crippen LogP contribution is -2.28. The molecule has 2 aliphatic rings. The van der Waals surface area contributed by atoms with Gasteiger partial charge in [-0.25, -0.2) is 4.90 Å². The third-order valence-electron chi connectivity index (χ3n) is 3.89. The molecule has 0 spiro atoms. The molecule has 7 heteroatoms. The number of para-hydroxylation sites is 2. The fourth-order valence-corrected chi connectivity index (χ4v) is 3.58. The number of imide groups is 1. The van der Waals surface area contributed by atoms with Crippen molar-refractivity contribution in [2.45, 2.75) is 6.92 Å². The minimum absolute atomic E-state index is 0.184. The predicted molar refractivity (Wildman–Crippen MR) is 98.6 cm³/mol. The van der Waals surface area contributed by atoms with Gasteiger partial charge in [0, 0.05) is 0 Å². The number of ether oxygens (including phenoxy) is 3. The number of carbonyl (C=O) groups excluding carboxylic acids is 2.